The third-order valence-corrected chi connectivity index (χ3v) is 4.62. The van der Waals surface area contributed by atoms with E-state index in [0.29, 0.717) is 5.69 Å². The third kappa shape index (κ3) is 2.17. The van der Waals surface area contributed by atoms with Crippen LogP contribution in [0.15, 0.2) is 24.3 Å². The second-order valence-electron chi connectivity index (χ2n) is 5.72. The van der Waals surface area contributed by atoms with Gasteiger partial charge in [0, 0.05) is 5.69 Å². The largest absolute Gasteiger partial charge is 0.481 e. The van der Waals surface area contributed by atoms with Gasteiger partial charge in [0.2, 0.25) is 5.91 Å². The molecule has 2 saturated carbocycles. The Bertz CT molecular complexity index is 543. The summed E-state index contributed by atoms with van der Waals surface area (Å²) in [7, 11) is 0. The zero-order chi connectivity index (χ0) is 14.3. The number of hydrogen-bond acceptors (Lipinski definition) is 2. The van der Waals surface area contributed by atoms with Crippen LogP contribution in [0.25, 0.3) is 0 Å². The zero-order valence-electron chi connectivity index (χ0n) is 10.9. The van der Waals surface area contributed by atoms with Crippen molar-refractivity contribution in [1.82, 2.24) is 0 Å². The van der Waals surface area contributed by atoms with Crippen LogP contribution in [0.2, 0.25) is 0 Å². The summed E-state index contributed by atoms with van der Waals surface area (Å²) in [5.74, 6) is -2.24. The first-order valence-corrected chi connectivity index (χ1v) is 6.85. The number of carboxylic acid groups (broad SMARTS) is 1. The molecule has 0 spiro atoms. The SMILES string of the molecule is O=C(O)C1C2CCC(C2)C1C(=O)Nc1ccc(F)cc1. The summed E-state index contributed by atoms with van der Waals surface area (Å²) < 4.78 is 12.8. The lowest BCUT2D eigenvalue weighted by Crippen LogP contribution is -2.37. The topological polar surface area (TPSA) is 66.4 Å². The standard InChI is InChI=1S/C15H16FNO3/c16-10-3-5-11(6-4-10)17-14(18)12-8-1-2-9(7-8)13(12)15(19)20/h3-6,8-9,12-13H,1-2,7H2,(H,17,18)(H,19,20). The van der Waals surface area contributed by atoms with Crippen LogP contribution in [-0.4, -0.2) is 17.0 Å². The number of carbonyl (C=O) groups excluding carboxylic acids is 1. The lowest BCUT2D eigenvalue weighted by atomic mass is 9.78. The quantitative estimate of drug-likeness (QED) is 0.892. The van der Waals surface area contributed by atoms with Crippen LogP contribution in [0.4, 0.5) is 10.1 Å². The molecule has 0 radical (unpaired) electrons. The van der Waals surface area contributed by atoms with Crippen LogP contribution < -0.4 is 5.32 Å². The summed E-state index contributed by atoms with van der Waals surface area (Å²) in [6.07, 6.45) is 2.66. The molecule has 2 bridgehead atoms. The first-order valence-electron chi connectivity index (χ1n) is 6.85. The fourth-order valence-electron chi connectivity index (χ4n) is 3.78. The highest BCUT2D eigenvalue weighted by Crippen LogP contribution is 2.52. The highest BCUT2D eigenvalue weighted by Gasteiger charge is 2.53. The third-order valence-electron chi connectivity index (χ3n) is 4.62. The van der Waals surface area contributed by atoms with E-state index in [2.05, 4.69) is 5.32 Å². The number of halogens is 1. The molecule has 20 heavy (non-hydrogen) atoms. The number of hydrogen-bond donors (Lipinski definition) is 2. The van der Waals surface area contributed by atoms with E-state index in [1.165, 1.54) is 24.3 Å². The number of amides is 1. The van der Waals surface area contributed by atoms with Gasteiger partial charge in [-0.1, -0.05) is 0 Å². The number of nitrogens with one attached hydrogen (secondary N) is 1. The lowest BCUT2D eigenvalue weighted by molar-refractivity contribution is -0.148. The normalized spacial score (nSPS) is 31.2. The van der Waals surface area contributed by atoms with Crippen molar-refractivity contribution in [3.05, 3.63) is 30.1 Å². The van der Waals surface area contributed by atoms with Crippen LogP contribution >= 0.6 is 0 Å². The van der Waals surface area contributed by atoms with Crippen molar-refractivity contribution in [3.8, 4) is 0 Å². The number of carbonyl (C=O) groups is 2. The van der Waals surface area contributed by atoms with Gasteiger partial charge in [0.05, 0.1) is 11.8 Å². The van der Waals surface area contributed by atoms with Crippen LogP contribution in [-0.2, 0) is 9.59 Å². The molecule has 1 aromatic rings. The van der Waals surface area contributed by atoms with Crippen molar-refractivity contribution in [2.75, 3.05) is 5.32 Å². The molecule has 2 aliphatic rings. The van der Waals surface area contributed by atoms with Crippen LogP contribution in [0, 0.1) is 29.5 Å². The first kappa shape index (κ1) is 13.1. The van der Waals surface area contributed by atoms with Gasteiger partial charge >= 0.3 is 5.97 Å². The second-order valence-corrected chi connectivity index (χ2v) is 5.72. The monoisotopic (exact) mass is 277 g/mol. The Morgan fingerprint density at radius 3 is 2.30 bits per heavy atom. The van der Waals surface area contributed by atoms with E-state index in [4.69, 9.17) is 0 Å². The zero-order valence-corrected chi connectivity index (χ0v) is 10.9. The van der Waals surface area contributed by atoms with Crippen molar-refractivity contribution < 1.29 is 19.1 Å². The van der Waals surface area contributed by atoms with Gasteiger partial charge in [-0.05, 0) is 55.4 Å². The summed E-state index contributed by atoms with van der Waals surface area (Å²) in [5.41, 5.74) is 0.503. The van der Waals surface area contributed by atoms with Crippen molar-refractivity contribution in [1.29, 1.82) is 0 Å². The second kappa shape index (κ2) is 4.89. The molecule has 5 heteroatoms. The van der Waals surface area contributed by atoms with E-state index in [1.807, 2.05) is 0 Å². The number of benzene rings is 1. The van der Waals surface area contributed by atoms with Gasteiger partial charge in [0.25, 0.3) is 0 Å². The summed E-state index contributed by atoms with van der Waals surface area (Å²) in [5, 5.41) is 12.0. The summed E-state index contributed by atoms with van der Waals surface area (Å²) in [6, 6.07) is 5.50. The van der Waals surface area contributed by atoms with Gasteiger partial charge in [0.15, 0.2) is 0 Å². The highest BCUT2D eigenvalue weighted by molar-refractivity contribution is 5.95. The maximum Gasteiger partial charge on any atom is 0.307 e. The minimum Gasteiger partial charge on any atom is -0.481 e. The maximum absolute atomic E-state index is 12.8. The Kier molecular flexibility index (Phi) is 3.20. The smallest absolute Gasteiger partial charge is 0.307 e. The fraction of sp³-hybridized carbons (Fsp3) is 0.467. The van der Waals surface area contributed by atoms with Crippen LogP contribution in [0.1, 0.15) is 19.3 Å². The number of fused-ring (bicyclic) bond motifs is 2. The van der Waals surface area contributed by atoms with Crippen molar-refractivity contribution in [3.63, 3.8) is 0 Å². The van der Waals surface area contributed by atoms with Gasteiger partial charge in [-0.3, -0.25) is 9.59 Å². The van der Waals surface area contributed by atoms with E-state index < -0.39 is 17.8 Å². The number of rotatable bonds is 3. The Labute approximate surface area is 116 Å². The molecule has 0 aromatic heterocycles. The predicted molar refractivity (Wildman–Crippen MR) is 70.5 cm³/mol. The molecule has 1 aromatic carbocycles. The van der Waals surface area contributed by atoms with Gasteiger partial charge < -0.3 is 10.4 Å². The van der Waals surface area contributed by atoms with Crippen LogP contribution in [0.5, 0.6) is 0 Å². The van der Waals surface area contributed by atoms with Gasteiger partial charge in [-0.2, -0.15) is 0 Å². The van der Waals surface area contributed by atoms with Crippen LogP contribution in [0.3, 0.4) is 0 Å². The van der Waals surface area contributed by atoms with Gasteiger partial charge in [-0.25, -0.2) is 4.39 Å². The average molecular weight is 277 g/mol. The minimum atomic E-state index is -0.878. The van der Waals surface area contributed by atoms with E-state index in [9.17, 15) is 19.1 Å². The Morgan fingerprint density at radius 2 is 1.70 bits per heavy atom. The van der Waals surface area contributed by atoms with Crippen molar-refractivity contribution in [2.24, 2.45) is 23.7 Å². The molecule has 4 unspecified atom stereocenters. The molecule has 106 valence electrons. The van der Waals surface area contributed by atoms with Crippen molar-refractivity contribution >= 4 is 17.6 Å². The molecule has 2 aliphatic carbocycles. The fourth-order valence-corrected chi connectivity index (χ4v) is 3.78. The molecule has 2 fully saturated rings. The van der Waals surface area contributed by atoms with E-state index >= 15 is 0 Å². The van der Waals surface area contributed by atoms with E-state index in [-0.39, 0.29) is 23.6 Å². The molecule has 1 amide bonds. The molecule has 0 heterocycles. The Morgan fingerprint density at radius 1 is 1.10 bits per heavy atom. The molecule has 2 N–H and O–H groups in total. The minimum absolute atomic E-state index is 0.126. The molecular weight excluding hydrogens is 261 g/mol. The Balaban J connectivity index is 1.76. The predicted octanol–water partition coefficient (Wildman–Crippen LogP) is 2.51. The molecule has 0 aliphatic heterocycles. The number of anilines is 1. The molecular formula is C15H16FNO3. The van der Waals surface area contributed by atoms with E-state index in [1.54, 1.807) is 0 Å². The summed E-state index contributed by atoms with van der Waals surface area (Å²) in [6.45, 7) is 0. The lowest BCUT2D eigenvalue weighted by Gasteiger charge is -2.27. The molecule has 4 atom stereocenters. The average Bonchev–Trinajstić information content (AvgIpc) is 3.01. The number of carboxylic acids is 1. The highest BCUT2D eigenvalue weighted by atomic mass is 19.1. The van der Waals surface area contributed by atoms with Gasteiger partial charge in [-0.15, -0.1) is 0 Å². The van der Waals surface area contributed by atoms with Gasteiger partial charge in [0.1, 0.15) is 5.82 Å². The molecule has 3 rings (SSSR count). The Hall–Kier alpha value is -1.91. The molecule has 0 saturated heterocycles. The molecule has 4 nitrogen and oxygen atoms in total. The van der Waals surface area contributed by atoms with E-state index in [0.717, 1.165) is 19.3 Å². The maximum atomic E-state index is 12.8. The first-order chi connectivity index (χ1) is 9.56. The van der Waals surface area contributed by atoms with Crippen molar-refractivity contribution in [2.45, 2.75) is 19.3 Å². The number of aliphatic carboxylic acids is 1. The summed E-state index contributed by atoms with van der Waals surface area (Å²) >= 11 is 0. The summed E-state index contributed by atoms with van der Waals surface area (Å²) in [4.78, 5) is 23.7.